The third kappa shape index (κ3) is 4.81. The zero-order valence-corrected chi connectivity index (χ0v) is 13.0. The SMILES string of the molecule is CN(Cc1ccc(CC(=O)NN)cc1)CC1CCCN1C. The quantitative estimate of drug-likeness (QED) is 0.461. The molecule has 1 unspecified atom stereocenters. The first-order valence-electron chi connectivity index (χ1n) is 7.54. The Balaban J connectivity index is 1.83. The molecular formula is C16H26N4O. The zero-order chi connectivity index (χ0) is 15.2. The van der Waals surface area contributed by atoms with Crippen LogP contribution in [0, 0.1) is 0 Å². The van der Waals surface area contributed by atoms with Crippen molar-refractivity contribution in [1.29, 1.82) is 0 Å². The van der Waals surface area contributed by atoms with Crippen LogP contribution in [0.5, 0.6) is 0 Å². The van der Waals surface area contributed by atoms with E-state index in [9.17, 15) is 4.79 Å². The van der Waals surface area contributed by atoms with Crippen molar-refractivity contribution < 1.29 is 4.79 Å². The lowest BCUT2D eigenvalue weighted by molar-refractivity contribution is -0.120. The third-order valence-electron chi connectivity index (χ3n) is 4.20. The van der Waals surface area contributed by atoms with E-state index in [2.05, 4.69) is 41.5 Å². The molecule has 0 saturated carbocycles. The monoisotopic (exact) mass is 290 g/mol. The van der Waals surface area contributed by atoms with Gasteiger partial charge in [0.2, 0.25) is 5.91 Å². The number of nitrogens with two attached hydrogens (primary N) is 1. The van der Waals surface area contributed by atoms with Crippen molar-refractivity contribution in [1.82, 2.24) is 15.2 Å². The lowest BCUT2D eigenvalue weighted by Crippen LogP contribution is -2.36. The molecule has 1 heterocycles. The molecule has 2 rings (SSSR count). The average Bonchev–Trinajstić information content (AvgIpc) is 2.86. The number of rotatable bonds is 6. The molecule has 1 fully saturated rings. The van der Waals surface area contributed by atoms with Crippen molar-refractivity contribution in [3.8, 4) is 0 Å². The van der Waals surface area contributed by atoms with Crippen LogP contribution in [-0.4, -0.2) is 48.9 Å². The van der Waals surface area contributed by atoms with E-state index in [1.165, 1.54) is 24.9 Å². The lowest BCUT2D eigenvalue weighted by atomic mass is 10.1. The van der Waals surface area contributed by atoms with Gasteiger partial charge in [0.15, 0.2) is 0 Å². The molecule has 116 valence electrons. The van der Waals surface area contributed by atoms with Gasteiger partial charge >= 0.3 is 0 Å². The van der Waals surface area contributed by atoms with Gasteiger partial charge in [0, 0.05) is 19.1 Å². The highest BCUT2D eigenvalue weighted by Crippen LogP contribution is 2.16. The lowest BCUT2D eigenvalue weighted by Gasteiger charge is -2.25. The van der Waals surface area contributed by atoms with Gasteiger partial charge in [-0.2, -0.15) is 0 Å². The Morgan fingerprint density at radius 2 is 2.05 bits per heavy atom. The van der Waals surface area contributed by atoms with Gasteiger partial charge in [0.05, 0.1) is 6.42 Å². The summed E-state index contributed by atoms with van der Waals surface area (Å²) in [7, 11) is 4.38. The fourth-order valence-electron chi connectivity index (χ4n) is 2.94. The summed E-state index contributed by atoms with van der Waals surface area (Å²) in [5, 5.41) is 0. The molecular weight excluding hydrogens is 264 g/mol. The Kier molecular flexibility index (Phi) is 5.73. The van der Waals surface area contributed by atoms with Gasteiger partial charge < -0.3 is 9.80 Å². The Hall–Kier alpha value is -1.43. The molecule has 0 bridgehead atoms. The highest BCUT2D eigenvalue weighted by Gasteiger charge is 2.21. The number of amides is 1. The molecule has 0 aromatic heterocycles. The predicted octanol–water partition coefficient (Wildman–Crippen LogP) is 0.745. The maximum absolute atomic E-state index is 11.2. The van der Waals surface area contributed by atoms with Gasteiger partial charge in [-0.1, -0.05) is 24.3 Å². The minimum Gasteiger partial charge on any atom is -0.302 e. The highest BCUT2D eigenvalue weighted by molar-refractivity contribution is 5.77. The fraction of sp³-hybridized carbons (Fsp3) is 0.562. The summed E-state index contributed by atoms with van der Waals surface area (Å²) in [5.74, 6) is 4.93. The first kappa shape index (κ1) is 15.9. The van der Waals surface area contributed by atoms with E-state index in [0.717, 1.165) is 18.7 Å². The Morgan fingerprint density at radius 1 is 1.38 bits per heavy atom. The highest BCUT2D eigenvalue weighted by atomic mass is 16.2. The fourth-order valence-corrected chi connectivity index (χ4v) is 2.94. The van der Waals surface area contributed by atoms with Crippen molar-refractivity contribution in [3.63, 3.8) is 0 Å². The molecule has 1 aromatic carbocycles. The van der Waals surface area contributed by atoms with E-state index >= 15 is 0 Å². The number of hydrazine groups is 1. The molecule has 21 heavy (non-hydrogen) atoms. The van der Waals surface area contributed by atoms with Crippen molar-refractivity contribution >= 4 is 5.91 Å². The van der Waals surface area contributed by atoms with Gasteiger partial charge in [0.25, 0.3) is 0 Å². The molecule has 0 aliphatic carbocycles. The Labute approximate surface area is 127 Å². The number of carbonyl (C=O) groups is 1. The molecule has 0 spiro atoms. The van der Waals surface area contributed by atoms with Crippen molar-refractivity contribution in [2.24, 2.45) is 5.84 Å². The molecule has 1 atom stereocenters. The van der Waals surface area contributed by atoms with Gasteiger partial charge in [-0.05, 0) is 44.6 Å². The summed E-state index contributed by atoms with van der Waals surface area (Å²) < 4.78 is 0. The number of benzene rings is 1. The van der Waals surface area contributed by atoms with E-state index in [-0.39, 0.29) is 5.91 Å². The molecule has 5 nitrogen and oxygen atoms in total. The first-order chi connectivity index (χ1) is 10.1. The number of carbonyl (C=O) groups excluding carboxylic acids is 1. The van der Waals surface area contributed by atoms with E-state index in [0.29, 0.717) is 12.5 Å². The second kappa shape index (κ2) is 7.54. The van der Waals surface area contributed by atoms with E-state index in [1.807, 2.05) is 12.1 Å². The van der Waals surface area contributed by atoms with Crippen molar-refractivity contribution in [3.05, 3.63) is 35.4 Å². The molecule has 1 saturated heterocycles. The molecule has 5 heteroatoms. The van der Waals surface area contributed by atoms with E-state index in [1.54, 1.807) is 0 Å². The summed E-state index contributed by atoms with van der Waals surface area (Å²) in [6.07, 6.45) is 2.94. The van der Waals surface area contributed by atoms with Crippen molar-refractivity contribution in [2.45, 2.75) is 31.8 Å². The number of likely N-dealkylation sites (tertiary alicyclic amines) is 1. The van der Waals surface area contributed by atoms with Crippen LogP contribution in [0.1, 0.15) is 24.0 Å². The Morgan fingerprint density at radius 3 is 2.62 bits per heavy atom. The van der Waals surface area contributed by atoms with Crippen LogP contribution in [0.3, 0.4) is 0 Å². The van der Waals surface area contributed by atoms with Gasteiger partial charge in [-0.3, -0.25) is 10.2 Å². The smallest absolute Gasteiger partial charge is 0.238 e. The van der Waals surface area contributed by atoms with E-state index in [4.69, 9.17) is 5.84 Å². The summed E-state index contributed by atoms with van der Waals surface area (Å²) >= 11 is 0. The van der Waals surface area contributed by atoms with Gasteiger partial charge in [-0.25, -0.2) is 5.84 Å². The standard InChI is InChI=1S/C16H26N4O/c1-19(12-15-4-3-9-20(15)2)11-14-7-5-13(6-8-14)10-16(21)18-17/h5-8,15H,3-4,9-12,17H2,1-2H3,(H,18,21). The summed E-state index contributed by atoms with van der Waals surface area (Å²) in [6.45, 7) is 3.26. The topological polar surface area (TPSA) is 61.6 Å². The maximum atomic E-state index is 11.2. The molecule has 1 aliphatic rings. The minimum atomic E-state index is -0.163. The van der Waals surface area contributed by atoms with Crippen LogP contribution in [0.25, 0.3) is 0 Å². The number of likely N-dealkylation sites (N-methyl/N-ethyl adjacent to an activating group) is 2. The van der Waals surface area contributed by atoms with Crippen LogP contribution < -0.4 is 11.3 Å². The predicted molar refractivity (Wildman–Crippen MR) is 84.5 cm³/mol. The summed E-state index contributed by atoms with van der Waals surface area (Å²) in [6, 6.07) is 8.87. The third-order valence-corrected chi connectivity index (χ3v) is 4.20. The van der Waals surface area contributed by atoms with Crippen molar-refractivity contribution in [2.75, 3.05) is 27.2 Å². The summed E-state index contributed by atoms with van der Waals surface area (Å²) in [4.78, 5) is 16.0. The van der Waals surface area contributed by atoms with Crippen LogP contribution in [0.4, 0.5) is 0 Å². The molecule has 0 radical (unpaired) electrons. The van der Waals surface area contributed by atoms with Gasteiger partial charge in [-0.15, -0.1) is 0 Å². The molecule has 1 aromatic rings. The van der Waals surface area contributed by atoms with Crippen LogP contribution in [-0.2, 0) is 17.8 Å². The first-order valence-corrected chi connectivity index (χ1v) is 7.54. The van der Waals surface area contributed by atoms with Crippen LogP contribution in [0.15, 0.2) is 24.3 Å². The molecule has 1 amide bonds. The Bertz CT molecular complexity index is 460. The second-order valence-electron chi connectivity index (χ2n) is 6.03. The largest absolute Gasteiger partial charge is 0.302 e. The number of hydrogen-bond acceptors (Lipinski definition) is 4. The number of hydrogen-bond donors (Lipinski definition) is 2. The van der Waals surface area contributed by atoms with Crippen LogP contribution in [0.2, 0.25) is 0 Å². The van der Waals surface area contributed by atoms with Crippen LogP contribution >= 0.6 is 0 Å². The zero-order valence-electron chi connectivity index (χ0n) is 13.0. The average molecular weight is 290 g/mol. The molecule has 1 aliphatic heterocycles. The minimum absolute atomic E-state index is 0.163. The number of nitrogens with one attached hydrogen (secondary N) is 1. The maximum Gasteiger partial charge on any atom is 0.238 e. The summed E-state index contributed by atoms with van der Waals surface area (Å²) in [5.41, 5.74) is 4.41. The number of nitrogens with zero attached hydrogens (tertiary/aromatic N) is 2. The van der Waals surface area contributed by atoms with Gasteiger partial charge in [0.1, 0.15) is 0 Å². The molecule has 3 N–H and O–H groups in total. The van der Waals surface area contributed by atoms with E-state index < -0.39 is 0 Å². The normalized spacial score (nSPS) is 19.1. The second-order valence-corrected chi connectivity index (χ2v) is 6.03.